The third kappa shape index (κ3) is 6.71. The molecular formula is C19H23F3O3S. The fraction of sp³-hybridized carbons (Fsp3) is 0.368. The third-order valence-corrected chi connectivity index (χ3v) is 4.71. The van der Waals surface area contributed by atoms with Gasteiger partial charge in [-0.2, -0.15) is 21.6 Å². The number of rotatable bonds is 8. The Morgan fingerprint density at radius 2 is 1.77 bits per heavy atom. The molecule has 1 aromatic carbocycles. The van der Waals surface area contributed by atoms with Gasteiger partial charge in [-0.3, -0.25) is 0 Å². The Labute approximate surface area is 153 Å². The van der Waals surface area contributed by atoms with E-state index in [-0.39, 0.29) is 5.41 Å². The largest absolute Gasteiger partial charge is 0.534 e. The summed E-state index contributed by atoms with van der Waals surface area (Å²) >= 11 is 0. The van der Waals surface area contributed by atoms with Crippen LogP contribution >= 0.6 is 0 Å². The van der Waals surface area contributed by atoms with Crippen LogP contribution in [0.3, 0.4) is 0 Å². The molecule has 0 aromatic heterocycles. The molecule has 0 spiro atoms. The van der Waals surface area contributed by atoms with Crippen molar-refractivity contribution in [1.29, 1.82) is 0 Å². The topological polar surface area (TPSA) is 43.4 Å². The molecule has 0 unspecified atom stereocenters. The van der Waals surface area contributed by atoms with Crippen molar-refractivity contribution < 1.29 is 25.8 Å². The van der Waals surface area contributed by atoms with E-state index in [4.69, 9.17) is 0 Å². The van der Waals surface area contributed by atoms with Crippen molar-refractivity contribution in [1.82, 2.24) is 0 Å². The van der Waals surface area contributed by atoms with Gasteiger partial charge in [-0.1, -0.05) is 48.9 Å². The Morgan fingerprint density at radius 1 is 1.19 bits per heavy atom. The second-order valence-corrected chi connectivity index (χ2v) is 7.95. The van der Waals surface area contributed by atoms with E-state index < -0.39 is 21.4 Å². The third-order valence-electron chi connectivity index (χ3n) is 3.73. The molecule has 0 aliphatic rings. The minimum absolute atomic E-state index is 0.235. The van der Waals surface area contributed by atoms with Gasteiger partial charge in [-0.25, -0.2) is 0 Å². The number of alkyl halides is 3. The van der Waals surface area contributed by atoms with Crippen LogP contribution in [-0.2, 0) is 10.1 Å². The van der Waals surface area contributed by atoms with Gasteiger partial charge in [0.05, 0.1) is 0 Å². The Morgan fingerprint density at radius 3 is 2.23 bits per heavy atom. The Kier molecular flexibility index (Phi) is 7.26. The summed E-state index contributed by atoms with van der Waals surface area (Å²) in [5.41, 5.74) is -3.74. The summed E-state index contributed by atoms with van der Waals surface area (Å²) in [6.07, 6.45) is 9.52. The van der Waals surface area contributed by atoms with Crippen molar-refractivity contribution >= 4 is 16.2 Å². The summed E-state index contributed by atoms with van der Waals surface area (Å²) in [7, 11) is -5.66. The summed E-state index contributed by atoms with van der Waals surface area (Å²) < 4.78 is 62.9. The molecule has 26 heavy (non-hydrogen) atoms. The highest BCUT2D eigenvalue weighted by atomic mass is 32.2. The highest BCUT2D eigenvalue weighted by Gasteiger charge is 2.48. The lowest BCUT2D eigenvalue weighted by Gasteiger charge is -2.20. The van der Waals surface area contributed by atoms with E-state index in [9.17, 15) is 21.6 Å². The zero-order chi connectivity index (χ0) is 20.0. The summed E-state index contributed by atoms with van der Waals surface area (Å²) in [5, 5.41) is 0. The second kappa shape index (κ2) is 8.58. The summed E-state index contributed by atoms with van der Waals surface area (Å²) in [6.45, 7) is 9.95. The second-order valence-electron chi connectivity index (χ2n) is 6.42. The molecule has 1 aromatic rings. The number of hydrogen-bond acceptors (Lipinski definition) is 3. The van der Waals surface area contributed by atoms with Crippen LogP contribution in [0.5, 0.6) is 5.75 Å². The van der Waals surface area contributed by atoms with E-state index in [2.05, 4.69) is 16.8 Å². The minimum atomic E-state index is -5.66. The van der Waals surface area contributed by atoms with Gasteiger partial charge in [0.2, 0.25) is 0 Å². The summed E-state index contributed by atoms with van der Waals surface area (Å²) in [6, 6.07) is 5.32. The van der Waals surface area contributed by atoms with Crippen molar-refractivity contribution in [2.75, 3.05) is 0 Å². The van der Waals surface area contributed by atoms with Gasteiger partial charge in [0.1, 0.15) is 5.75 Å². The van der Waals surface area contributed by atoms with Gasteiger partial charge in [0.15, 0.2) is 0 Å². The van der Waals surface area contributed by atoms with Gasteiger partial charge in [-0.15, -0.1) is 6.58 Å². The lowest BCUT2D eigenvalue weighted by molar-refractivity contribution is -0.0500. The van der Waals surface area contributed by atoms with E-state index in [1.165, 1.54) is 29.8 Å². The van der Waals surface area contributed by atoms with E-state index in [0.29, 0.717) is 5.56 Å². The first-order valence-electron chi connectivity index (χ1n) is 7.95. The van der Waals surface area contributed by atoms with Gasteiger partial charge >= 0.3 is 15.6 Å². The fourth-order valence-corrected chi connectivity index (χ4v) is 2.48. The van der Waals surface area contributed by atoms with E-state index in [1.807, 2.05) is 39.0 Å². The SMILES string of the molecule is C=C[C@@](C)(/C=C/c1ccc(OS(=O)(=O)C(F)(F)F)cc1)CCC=C(C)C. The maximum atomic E-state index is 12.3. The molecule has 7 heteroatoms. The first-order chi connectivity index (χ1) is 11.9. The van der Waals surface area contributed by atoms with Crippen molar-refractivity contribution in [3.05, 3.63) is 60.2 Å². The average Bonchev–Trinajstić information content (AvgIpc) is 2.52. The molecule has 144 valence electrons. The molecule has 0 aliphatic carbocycles. The molecular weight excluding hydrogens is 365 g/mol. The van der Waals surface area contributed by atoms with Crippen LogP contribution in [0.25, 0.3) is 6.08 Å². The summed E-state index contributed by atoms with van der Waals surface area (Å²) in [4.78, 5) is 0. The van der Waals surface area contributed by atoms with Crippen LogP contribution in [-0.4, -0.2) is 13.9 Å². The molecule has 0 aliphatic heterocycles. The fourth-order valence-electron chi connectivity index (χ4n) is 2.02. The predicted octanol–water partition coefficient (Wildman–Crippen LogP) is 5.87. The highest BCUT2D eigenvalue weighted by Crippen LogP contribution is 2.29. The average molecular weight is 388 g/mol. The normalized spacial score (nSPS) is 14.7. The molecule has 0 bridgehead atoms. The molecule has 3 nitrogen and oxygen atoms in total. The lowest BCUT2D eigenvalue weighted by Crippen LogP contribution is -2.28. The maximum absolute atomic E-state index is 12.3. The molecule has 0 fully saturated rings. The van der Waals surface area contributed by atoms with E-state index in [0.717, 1.165) is 12.8 Å². The van der Waals surface area contributed by atoms with Crippen LogP contribution in [0.1, 0.15) is 39.2 Å². The van der Waals surface area contributed by atoms with Crippen molar-refractivity contribution in [2.24, 2.45) is 5.41 Å². The molecule has 0 amide bonds. The molecule has 0 N–H and O–H groups in total. The molecule has 0 heterocycles. The Hall–Kier alpha value is -2.02. The molecule has 0 radical (unpaired) electrons. The van der Waals surface area contributed by atoms with Gasteiger partial charge in [0, 0.05) is 5.41 Å². The Bertz CT molecular complexity index is 771. The van der Waals surface area contributed by atoms with Crippen LogP contribution in [0.15, 0.2) is 54.6 Å². The number of allylic oxidation sites excluding steroid dienone is 4. The number of hydrogen-bond donors (Lipinski definition) is 0. The number of benzene rings is 1. The van der Waals surface area contributed by atoms with E-state index >= 15 is 0 Å². The smallest absolute Gasteiger partial charge is 0.376 e. The minimum Gasteiger partial charge on any atom is -0.376 e. The van der Waals surface area contributed by atoms with Gasteiger partial charge in [-0.05, 0) is 44.4 Å². The van der Waals surface area contributed by atoms with Gasteiger partial charge in [0.25, 0.3) is 0 Å². The van der Waals surface area contributed by atoms with Gasteiger partial charge < -0.3 is 4.18 Å². The zero-order valence-corrected chi connectivity index (χ0v) is 15.8. The summed E-state index contributed by atoms with van der Waals surface area (Å²) in [5.74, 6) is -0.394. The zero-order valence-electron chi connectivity index (χ0n) is 15.0. The van der Waals surface area contributed by atoms with Crippen LogP contribution in [0.2, 0.25) is 0 Å². The van der Waals surface area contributed by atoms with Crippen molar-refractivity contribution in [3.8, 4) is 5.75 Å². The highest BCUT2D eigenvalue weighted by molar-refractivity contribution is 7.88. The van der Waals surface area contributed by atoms with Crippen LogP contribution in [0.4, 0.5) is 13.2 Å². The standard InChI is InChI=1S/C19H23F3O3S/c1-5-18(4,13-6-7-15(2)3)14-12-16-8-10-17(11-9-16)25-26(23,24)19(20,21)22/h5,7-12,14H,1,6,13H2,2-4H3/b14-12+/t18-/m1/s1. The molecule has 0 saturated carbocycles. The molecule has 1 rings (SSSR count). The lowest BCUT2D eigenvalue weighted by atomic mass is 9.84. The predicted molar refractivity (Wildman–Crippen MR) is 98.0 cm³/mol. The van der Waals surface area contributed by atoms with Crippen LogP contribution < -0.4 is 4.18 Å². The Balaban J connectivity index is 2.84. The molecule has 0 saturated heterocycles. The quantitative estimate of drug-likeness (QED) is 0.318. The first kappa shape index (κ1) is 22.0. The van der Waals surface area contributed by atoms with Crippen LogP contribution in [0, 0.1) is 5.41 Å². The van der Waals surface area contributed by atoms with Crippen molar-refractivity contribution in [3.63, 3.8) is 0 Å². The first-order valence-corrected chi connectivity index (χ1v) is 9.36. The monoisotopic (exact) mass is 388 g/mol. The van der Waals surface area contributed by atoms with E-state index in [1.54, 1.807) is 0 Å². The molecule has 1 atom stereocenters. The van der Waals surface area contributed by atoms with Crippen molar-refractivity contribution in [2.45, 2.75) is 39.1 Å². The maximum Gasteiger partial charge on any atom is 0.534 e. The number of halogens is 3.